The van der Waals surface area contributed by atoms with Crippen LogP contribution in [0.5, 0.6) is 0 Å². The van der Waals surface area contributed by atoms with Crippen LogP contribution in [0.4, 0.5) is 5.69 Å². The third kappa shape index (κ3) is 7.47. The average molecular weight is 550 g/mol. The van der Waals surface area contributed by atoms with Crippen LogP contribution in [0.3, 0.4) is 0 Å². The van der Waals surface area contributed by atoms with Gasteiger partial charge >= 0.3 is 0 Å². The first-order valence-electron chi connectivity index (χ1n) is 13.4. The number of nitrogens with one attached hydrogen (secondary N) is 1. The first kappa shape index (κ1) is 29.9. The van der Waals surface area contributed by atoms with E-state index in [1.165, 1.54) is 4.90 Å². The van der Waals surface area contributed by atoms with Crippen molar-refractivity contribution in [3.63, 3.8) is 0 Å². The monoisotopic (exact) mass is 549 g/mol. The van der Waals surface area contributed by atoms with Crippen molar-refractivity contribution in [3.8, 4) is 0 Å². The van der Waals surface area contributed by atoms with Crippen molar-refractivity contribution in [2.24, 2.45) is 0 Å². The fraction of sp³-hybridized carbons (Fsp3) is 0.355. The Bertz CT molecular complexity index is 1360. The van der Waals surface area contributed by atoms with Gasteiger partial charge in [-0.25, -0.2) is 8.42 Å². The number of rotatable bonds is 12. The second-order valence-electron chi connectivity index (χ2n) is 9.86. The molecule has 0 aromatic heterocycles. The molecule has 0 spiro atoms. The largest absolute Gasteiger partial charge is 0.352 e. The highest BCUT2D eigenvalue weighted by molar-refractivity contribution is 7.92. The molecule has 0 saturated carbocycles. The van der Waals surface area contributed by atoms with Gasteiger partial charge < -0.3 is 10.2 Å². The van der Waals surface area contributed by atoms with E-state index in [2.05, 4.69) is 5.32 Å². The Hall–Kier alpha value is -3.65. The number of nitrogens with zero attached hydrogens (tertiary/aromatic N) is 2. The summed E-state index contributed by atoms with van der Waals surface area (Å²) in [6, 6.07) is 22.3. The lowest BCUT2D eigenvalue weighted by Crippen LogP contribution is -2.53. The van der Waals surface area contributed by atoms with Gasteiger partial charge in [0.15, 0.2) is 0 Å². The highest BCUT2D eigenvalue weighted by atomic mass is 32.2. The van der Waals surface area contributed by atoms with Crippen LogP contribution in [0.15, 0.2) is 83.8 Å². The summed E-state index contributed by atoms with van der Waals surface area (Å²) in [5, 5.41) is 2.99. The van der Waals surface area contributed by atoms with E-state index in [4.69, 9.17) is 0 Å². The van der Waals surface area contributed by atoms with Crippen molar-refractivity contribution in [2.75, 3.05) is 10.8 Å². The second-order valence-corrected chi connectivity index (χ2v) is 11.7. The summed E-state index contributed by atoms with van der Waals surface area (Å²) in [5.74, 6) is -0.705. The molecule has 7 nitrogen and oxygen atoms in total. The number of aryl methyl sites for hydroxylation is 2. The minimum absolute atomic E-state index is 0.0504. The number of carbonyl (C=O) groups excluding carboxylic acids is 2. The van der Waals surface area contributed by atoms with E-state index in [9.17, 15) is 18.0 Å². The molecule has 3 aromatic rings. The Balaban J connectivity index is 2.05. The molecule has 2 amide bonds. The summed E-state index contributed by atoms with van der Waals surface area (Å²) in [7, 11) is -4.09. The maximum Gasteiger partial charge on any atom is 0.264 e. The Kier molecular flexibility index (Phi) is 10.3. The quantitative estimate of drug-likeness (QED) is 0.336. The third-order valence-electron chi connectivity index (χ3n) is 6.85. The van der Waals surface area contributed by atoms with Gasteiger partial charge in [0.05, 0.1) is 10.6 Å². The molecular weight excluding hydrogens is 510 g/mol. The summed E-state index contributed by atoms with van der Waals surface area (Å²) in [4.78, 5) is 29.0. The number of hydrogen-bond donors (Lipinski definition) is 1. The second kappa shape index (κ2) is 13.4. The number of para-hydroxylation sites is 1. The minimum atomic E-state index is -4.09. The van der Waals surface area contributed by atoms with Crippen molar-refractivity contribution in [3.05, 3.63) is 95.6 Å². The molecule has 0 aliphatic heterocycles. The van der Waals surface area contributed by atoms with Crippen LogP contribution in [-0.2, 0) is 26.2 Å². The van der Waals surface area contributed by atoms with Crippen LogP contribution in [0.25, 0.3) is 0 Å². The van der Waals surface area contributed by atoms with Crippen LogP contribution in [-0.4, -0.2) is 43.8 Å². The van der Waals surface area contributed by atoms with E-state index >= 15 is 0 Å². The number of amides is 2. The number of carbonyl (C=O) groups is 2. The van der Waals surface area contributed by atoms with Gasteiger partial charge in [0, 0.05) is 12.6 Å². The fourth-order valence-corrected chi connectivity index (χ4v) is 5.81. The molecule has 3 aromatic carbocycles. The van der Waals surface area contributed by atoms with Crippen molar-refractivity contribution >= 4 is 27.5 Å². The van der Waals surface area contributed by atoms with Crippen molar-refractivity contribution in [1.29, 1.82) is 0 Å². The molecule has 0 saturated heterocycles. The first-order chi connectivity index (χ1) is 18.6. The van der Waals surface area contributed by atoms with Gasteiger partial charge in [-0.3, -0.25) is 13.9 Å². The summed E-state index contributed by atoms with van der Waals surface area (Å²) < 4.78 is 29.1. The summed E-state index contributed by atoms with van der Waals surface area (Å²) in [6.07, 6.45) is 1.14. The molecule has 0 aliphatic carbocycles. The van der Waals surface area contributed by atoms with E-state index < -0.39 is 28.5 Å². The third-order valence-corrected chi connectivity index (χ3v) is 8.63. The van der Waals surface area contributed by atoms with Gasteiger partial charge in [0.25, 0.3) is 10.0 Å². The Morgan fingerprint density at radius 3 is 2.05 bits per heavy atom. The van der Waals surface area contributed by atoms with Crippen LogP contribution in [0.1, 0.15) is 50.3 Å². The van der Waals surface area contributed by atoms with E-state index in [-0.39, 0.29) is 23.4 Å². The molecular formula is C31H39N3O4S. The van der Waals surface area contributed by atoms with Gasteiger partial charge in [0.2, 0.25) is 11.8 Å². The van der Waals surface area contributed by atoms with Gasteiger partial charge in [-0.2, -0.15) is 0 Å². The van der Waals surface area contributed by atoms with E-state index in [0.717, 1.165) is 27.4 Å². The molecule has 39 heavy (non-hydrogen) atoms. The van der Waals surface area contributed by atoms with Crippen molar-refractivity contribution in [2.45, 2.75) is 71.0 Å². The molecule has 0 unspecified atom stereocenters. The smallest absolute Gasteiger partial charge is 0.264 e. The lowest BCUT2D eigenvalue weighted by molar-refractivity contribution is -0.140. The van der Waals surface area contributed by atoms with Crippen LogP contribution in [0, 0.1) is 13.8 Å². The zero-order chi connectivity index (χ0) is 28.6. The maximum atomic E-state index is 14.1. The van der Waals surface area contributed by atoms with E-state index in [1.54, 1.807) is 36.4 Å². The number of anilines is 1. The van der Waals surface area contributed by atoms with Gasteiger partial charge in [-0.1, -0.05) is 80.1 Å². The fourth-order valence-electron chi connectivity index (χ4n) is 4.33. The summed E-state index contributed by atoms with van der Waals surface area (Å²) >= 11 is 0. The first-order valence-corrected chi connectivity index (χ1v) is 14.8. The molecule has 2 atom stereocenters. The molecule has 0 aliphatic rings. The highest BCUT2D eigenvalue weighted by Crippen LogP contribution is 2.27. The zero-order valence-electron chi connectivity index (χ0n) is 23.4. The molecule has 0 bridgehead atoms. The topological polar surface area (TPSA) is 86.8 Å². The minimum Gasteiger partial charge on any atom is -0.352 e. The number of benzene rings is 3. The van der Waals surface area contributed by atoms with Gasteiger partial charge in [-0.05, 0) is 62.9 Å². The Labute approximate surface area is 232 Å². The molecule has 0 radical (unpaired) electrons. The lowest BCUT2D eigenvalue weighted by atomic mass is 10.1. The van der Waals surface area contributed by atoms with Crippen LogP contribution >= 0.6 is 0 Å². The van der Waals surface area contributed by atoms with Crippen LogP contribution in [0.2, 0.25) is 0 Å². The molecule has 208 valence electrons. The average Bonchev–Trinajstić information content (AvgIpc) is 2.92. The lowest BCUT2D eigenvalue weighted by Gasteiger charge is -2.34. The van der Waals surface area contributed by atoms with Crippen molar-refractivity contribution < 1.29 is 18.0 Å². The van der Waals surface area contributed by atoms with Crippen LogP contribution < -0.4 is 9.62 Å². The predicted molar refractivity (Wildman–Crippen MR) is 156 cm³/mol. The predicted octanol–water partition coefficient (Wildman–Crippen LogP) is 5.22. The van der Waals surface area contributed by atoms with E-state index in [0.29, 0.717) is 12.1 Å². The highest BCUT2D eigenvalue weighted by Gasteiger charge is 2.34. The molecule has 3 rings (SSSR count). The maximum absolute atomic E-state index is 14.1. The molecule has 0 heterocycles. The normalized spacial score (nSPS) is 12.8. The number of sulfonamides is 1. The van der Waals surface area contributed by atoms with Gasteiger partial charge in [-0.15, -0.1) is 0 Å². The molecule has 0 fully saturated rings. The SMILES string of the molecule is CC[C@H](C)NC(=O)[C@H](CC)N(Cc1ccccc1)C(=O)CN(c1ccccc1C)S(=O)(=O)c1ccc(C)cc1. The van der Waals surface area contributed by atoms with Crippen molar-refractivity contribution in [1.82, 2.24) is 10.2 Å². The van der Waals surface area contributed by atoms with E-state index in [1.807, 2.05) is 77.1 Å². The Morgan fingerprint density at radius 2 is 1.46 bits per heavy atom. The summed E-state index contributed by atoms with van der Waals surface area (Å²) in [6.45, 7) is 9.19. The Morgan fingerprint density at radius 1 is 0.846 bits per heavy atom. The zero-order valence-corrected chi connectivity index (χ0v) is 24.2. The summed E-state index contributed by atoms with van der Waals surface area (Å²) in [5.41, 5.74) is 2.92. The number of hydrogen-bond acceptors (Lipinski definition) is 4. The molecule has 8 heteroatoms. The standard InChI is InChI=1S/C31H39N3O4S/c1-6-25(5)32-31(36)28(7-2)33(21-26-14-9-8-10-15-26)30(35)22-34(29-16-12-11-13-24(29)4)39(37,38)27-19-17-23(3)18-20-27/h8-20,25,28H,6-7,21-22H2,1-5H3,(H,32,36)/t25-,28-/m0/s1. The molecule has 1 N–H and O–H groups in total. The van der Waals surface area contributed by atoms with Gasteiger partial charge in [0.1, 0.15) is 12.6 Å².